The minimum atomic E-state index is -0.786. The van der Waals surface area contributed by atoms with Crippen molar-refractivity contribution in [3.63, 3.8) is 0 Å². The van der Waals surface area contributed by atoms with Crippen molar-refractivity contribution in [3.05, 3.63) is 72.9 Å². The molecular formula is C76H136O6. The summed E-state index contributed by atoms with van der Waals surface area (Å²) in [5, 5.41) is 0. The van der Waals surface area contributed by atoms with Crippen LogP contribution in [0.5, 0.6) is 0 Å². The fraction of sp³-hybridized carbons (Fsp3) is 0.803. The fourth-order valence-electron chi connectivity index (χ4n) is 10.6. The van der Waals surface area contributed by atoms with Gasteiger partial charge in [-0.3, -0.25) is 14.4 Å². The monoisotopic (exact) mass is 1150 g/mol. The molecule has 0 fully saturated rings. The molecular weight excluding hydrogens is 1010 g/mol. The number of allylic oxidation sites excluding steroid dienone is 12. The molecule has 0 aromatic carbocycles. The van der Waals surface area contributed by atoms with Crippen molar-refractivity contribution in [1.82, 2.24) is 0 Å². The van der Waals surface area contributed by atoms with Crippen LogP contribution in [0.1, 0.15) is 374 Å². The lowest BCUT2D eigenvalue weighted by molar-refractivity contribution is -0.167. The second-order valence-electron chi connectivity index (χ2n) is 24.1. The summed E-state index contributed by atoms with van der Waals surface area (Å²) in [6, 6.07) is 0. The molecule has 1 atom stereocenters. The van der Waals surface area contributed by atoms with Crippen LogP contribution in [0.2, 0.25) is 0 Å². The standard InChI is InChI=1S/C76H136O6/c1-4-7-10-13-16-19-22-25-28-31-34-36-38-40-42-45-48-51-54-57-60-63-66-69-75(78)81-72-73(71-80-74(77)68-65-62-59-56-53-50-47-44-41-33-30-27-24-21-18-15-12-9-6-3)82-76(79)70-67-64-61-58-55-52-49-46-43-39-37-35-32-29-26-23-20-17-14-11-8-5-2/h7,10,16,19,25,28,34,36,40,42,48,51,73H,4-6,8-9,11-15,17-18,20-24,26-27,29-33,35,37-39,41,43-47,49-50,52-72H2,1-3H3/b10-7-,19-16-,28-25-,36-34-,42-40-,51-48-. The molecule has 0 spiro atoms. The largest absolute Gasteiger partial charge is 0.462 e. The molecule has 0 saturated heterocycles. The highest BCUT2D eigenvalue weighted by atomic mass is 16.6. The van der Waals surface area contributed by atoms with Crippen LogP contribution in [0.25, 0.3) is 0 Å². The minimum Gasteiger partial charge on any atom is -0.462 e. The van der Waals surface area contributed by atoms with Crippen molar-refractivity contribution < 1.29 is 28.6 Å². The zero-order valence-electron chi connectivity index (χ0n) is 54.8. The Balaban J connectivity index is 4.38. The van der Waals surface area contributed by atoms with Crippen molar-refractivity contribution in [2.45, 2.75) is 380 Å². The van der Waals surface area contributed by atoms with Gasteiger partial charge in [-0.15, -0.1) is 0 Å². The summed E-state index contributed by atoms with van der Waals surface area (Å²) in [5.74, 6) is -0.878. The van der Waals surface area contributed by atoms with E-state index in [1.165, 1.54) is 225 Å². The highest BCUT2D eigenvalue weighted by Crippen LogP contribution is 2.18. The average molecular weight is 1150 g/mol. The molecule has 6 nitrogen and oxygen atoms in total. The quantitative estimate of drug-likeness (QED) is 0.0261. The Bertz CT molecular complexity index is 1500. The van der Waals surface area contributed by atoms with Crippen LogP contribution in [0.15, 0.2) is 72.9 Å². The lowest BCUT2D eigenvalue weighted by Crippen LogP contribution is -2.30. The lowest BCUT2D eigenvalue weighted by Gasteiger charge is -2.18. The summed E-state index contributed by atoms with van der Waals surface area (Å²) in [4.78, 5) is 38.5. The van der Waals surface area contributed by atoms with E-state index in [1.54, 1.807) is 0 Å². The van der Waals surface area contributed by atoms with Gasteiger partial charge in [0.2, 0.25) is 0 Å². The van der Waals surface area contributed by atoms with Gasteiger partial charge < -0.3 is 14.2 Å². The number of hydrogen-bond donors (Lipinski definition) is 0. The second kappa shape index (κ2) is 70.3. The molecule has 0 radical (unpaired) electrons. The number of carbonyl (C=O) groups is 3. The maximum absolute atomic E-state index is 13.0. The van der Waals surface area contributed by atoms with Crippen LogP contribution >= 0.6 is 0 Å². The number of rotatable bonds is 66. The van der Waals surface area contributed by atoms with Crippen LogP contribution in [0, 0.1) is 0 Å². The Morgan fingerprint density at radius 2 is 0.476 bits per heavy atom. The van der Waals surface area contributed by atoms with E-state index in [9.17, 15) is 14.4 Å². The highest BCUT2D eigenvalue weighted by Gasteiger charge is 2.19. The van der Waals surface area contributed by atoms with E-state index in [4.69, 9.17) is 14.2 Å². The van der Waals surface area contributed by atoms with E-state index in [1.807, 2.05) is 0 Å². The molecule has 0 bridgehead atoms. The topological polar surface area (TPSA) is 78.9 Å². The molecule has 476 valence electrons. The summed E-state index contributed by atoms with van der Waals surface area (Å²) >= 11 is 0. The first-order valence-corrected chi connectivity index (χ1v) is 35.9. The molecule has 0 aliphatic rings. The normalized spacial score (nSPS) is 12.5. The SMILES string of the molecule is CC/C=C\C/C=C\C/C=C\C/C=C\C/C=C\C/C=C\CCCCCCC(=O)OCC(COC(=O)CCCCCCCCCCCCCCCCCCCCC)OC(=O)CCCCCCCCCCCCCCCCCCCCCCCC. The Kier molecular flexibility index (Phi) is 67.6. The van der Waals surface area contributed by atoms with Gasteiger partial charge in [0, 0.05) is 19.3 Å². The Morgan fingerprint density at radius 3 is 0.744 bits per heavy atom. The number of carbonyl (C=O) groups excluding carboxylic acids is 3. The first kappa shape index (κ1) is 78.8. The van der Waals surface area contributed by atoms with Crippen molar-refractivity contribution in [1.29, 1.82) is 0 Å². The van der Waals surface area contributed by atoms with E-state index in [-0.39, 0.29) is 31.1 Å². The molecule has 0 aliphatic carbocycles. The molecule has 0 heterocycles. The van der Waals surface area contributed by atoms with Crippen LogP contribution in [-0.2, 0) is 28.6 Å². The van der Waals surface area contributed by atoms with Gasteiger partial charge in [0.25, 0.3) is 0 Å². The van der Waals surface area contributed by atoms with Gasteiger partial charge in [0.05, 0.1) is 0 Å². The predicted octanol–water partition coefficient (Wildman–Crippen LogP) is 24.8. The highest BCUT2D eigenvalue weighted by molar-refractivity contribution is 5.71. The molecule has 6 heteroatoms. The van der Waals surface area contributed by atoms with Crippen molar-refractivity contribution >= 4 is 17.9 Å². The van der Waals surface area contributed by atoms with Gasteiger partial charge in [-0.2, -0.15) is 0 Å². The molecule has 0 amide bonds. The van der Waals surface area contributed by atoms with Crippen LogP contribution in [-0.4, -0.2) is 37.2 Å². The van der Waals surface area contributed by atoms with Gasteiger partial charge in [0.1, 0.15) is 13.2 Å². The maximum atomic E-state index is 13.0. The predicted molar refractivity (Wildman–Crippen MR) is 358 cm³/mol. The number of esters is 3. The zero-order chi connectivity index (χ0) is 59.2. The first-order chi connectivity index (χ1) is 40.5. The van der Waals surface area contributed by atoms with Crippen LogP contribution in [0.3, 0.4) is 0 Å². The smallest absolute Gasteiger partial charge is 0.306 e. The summed E-state index contributed by atoms with van der Waals surface area (Å²) in [5.41, 5.74) is 0. The number of unbranched alkanes of at least 4 members (excludes halogenated alkanes) is 43. The summed E-state index contributed by atoms with van der Waals surface area (Å²) in [7, 11) is 0. The van der Waals surface area contributed by atoms with Gasteiger partial charge in [-0.05, 0) is 70.6 Å². The molecule has 82 heavy (non-hydrogen) atoms. The summed E-state index contributed by atoms with van der Waals surface area (Å²) in [6.07, 6.45) is 92.1. The lowest BCUT2D eigenvalue weighted by atomic mass is 10.0. The maximum Gasteiger partial charge on any atom is 0.306 e. The molecule has 0 aromatic heterocycles. The average Bonchev–Trinajstić information content (AvgIpc) is 3.48. The van der Waals surface area contributed by atoms with Gasteiger partial charge in [-0.1, -0.05) is 357 Å². The summed E-state index contributed by atoms with van der Waals surface area (Å²) in [6.45, 7) is 6.58. The Labute approximate surface area is 510 Å². The molecule has 0 saturated carbocycles. The number of ether oxygens (including phenoxy) is 3. The summed E-state index contributed by atoms with van der Waals surface area (Å²) < 4.78 is 17.0. The van der Waals surface area contributed by atoms with Crippen LogP contribution in [0.4, 0.5) is 0 Å². The van der Waals surface area contributed by atoms with Crippen molar-refractivity contribution in [2.24, 2.45) is 0 Å². The van der Waals surface area contributed by atoms with E-state index in [2.05, 4.69) is 93.7 Å². The fourth-order valence-corrected chi connectivity index (χ4v) is 10.6. The van der Waals surface area contributed by atoms with Crippen molar-refractivity contribution in [2.75, 3.05) is 13.2 Å². The zero-order valence-corrected chi connectivity index (χ0v) is 54.8. The molecule has 0 aromatic rings. The van der Waals surface area contributed by atoms with Gasteiger partial charge in [-0.25, -0.2) is 0 Å². The van der Waals surface area contributed by atoms with E-state index >= 15 is 0 Å². The Hall–Kier alpha value is -3.15. The van der Waals surface area contributed by atoms with Gasteiger partial charge >= 0.3 is 17.9 Å². The van der Waals surface area contributed by atoms with Crippen molar-refractivity contribution in [3.8, 4) is 0 Å². The third kappa shape index (κ3) is 67.6. The second-order valence-corrected chi connectivity index (χ2v) is 24.1. The van der Waals surface area contributed by atoms with E-state index in [0.29, 0.717) is 19.3 Å². The molecule has 0 N–H and O–H groups in total. The minimum absolute atomic E-state index is 0.0784. The van der Waals surface area contributed by atoms with E-state index in [0.717, 1.165) is 109 Å². The molecule has 1 unspecified atom stereocenters. The first-order valence-electron chi connectivity index (χ1n) is 35.9. The molecule has 0 rings (SSSR count). The van der Waals surface area contributed by atoms with Crippen LogP contribution < -0.4 is 0 Å². The third-order valence-electron chi connectivity index (χ3n) is 16.0. The van der Waals surface area contributed by atoms with E-state index < -0.39 is 6.10 Å². The van der Waals surface area contributed by atoms with Gasteiger partial charge in [0.15, 0.2) is 6.10 Å². The Morgan fingerprint density at radius 1 is 0.256 bits per heavy atom. The number of hydrogen-bond acceptors (Lipinski definition) is 6. The third-order valence-corrected chi connectivity index (χ3v) is 16.0. The molecule has 0 aliphatic heterocycles.